The highest BCUT2D eigenvalue weighted by atomic mass is 35.5. The number of nitrogens with zero attached hydrogens (tertiary/aromatic N) is 5. The Bertz CT molecular complexity index is 1350. The average Bonchev–Trinajstić information content (AvgIpc) is 3.27. The molecule has 34 heavy (non-hydrogen) atoms. The van der Waals surface area contributed by atoms with Gasteiger partial charge >= 0.3 is 0 Å². The number of amides is 1. The summed E-state index contributed by atoms with van der Waals surface area (Å²) in [6, 6.07) is 5.89. The summed E-state index contributed by atoms with van der Waals surface area (Å²) in [7, 11) is 3.49. The third kappa shape index (κ3) is 3.83. The first kappa shape index (κ1) is 23.1. The van der Waals surface area contributed by atoms with Gasteiger partial charge in [-0.3, -0.25) is 19.1 Å². The number of benzene rings is 1. The molecule has 1 aromatic carbocycles. The van der Waals surface area contributed by atoms with Crippen molar-refractivity contribution in [2.45, 2.75) is 6.04 Å². The molecule has 0 spiro atoms. The standard InChI is InChI=1S/C23H19Cl3FN5O2/c1-30-19(33)7-18(12-3-4-28-8-17(12)27)29-23(30)31(2)21-13-9-32(10-14(13)21)22(34)20-15(25)5-11(24)6-16(20)26/h3-8,13-14,21H,9-10H2,1-2H3/t13-,14+,21?. The molecule has 3 atom stereocenters. The first-order valence-electron chi connectivity index (χ1n) is 10.5. The van der Waals surface area contributed by atoms with E-state index in [9.17, 15) is 14.0 Å². The molecule has 2 aromatic heterocycles. The van der Waals surface area contributed by atoms with Crippen molar-refractivity contribution in [3.8, 4) is 11.3 Å². The summed E-state index contributed by atoms with van der Waals surface area (Å²) in [5.74, 6) is 0.0589. The Labute approximate surface area is 209 Å². The number of likely N-dealkylation sites (tertiary alicyclic amines) is 1. The lowest BCUT2D eigenvalue weighted by molar-refractivity contribution is 0.0773. The number of hydrogen-bond acceptors (Lipinski definition) is 5. The van der Waals surface area contributed by atoms with E-state index in [1.165, 1.54) is 35.0 Å². The first-order chi connectivity index (χ1) is 16.2. The smallest absolute Gasteiger partial charge is 0.256 e. The molecule has 1 aliphatic heterocycles. The van der Waals surface area contributed by atoms with E-state index in [0.717, 1.165) is 6.20 Å². The summed E-state index contributed by atoms with van der Waals surface area (Å²) in [5, 5.41) is 0.802. The van der Waals surface area contributed by atoms with Crippen molar-refractivity contribution in [2.24, 2.45) is 18.9 Å². The predicted molar refractivity (Wildman–Crippen MR) is 129 cm³/mol. The molecule has 0 bridgehead atoms. The second kappa shape index (κ2) is 8.52. The summed E-state index contributed by atoms with van der Waals surface area (Å²) < 4.78 is 15.7. The molecule has 0 radical (unpaired) electrons. The minimum Gasteiger partial charge on any atom is -0.342 e. The van der Waals surface area contributed by atoms with Gasteiger partial charge in [-0.2, -0.15) is 0 Å². The van der Waals surface area contributed by atoms with Gasteiger partial charge < -0.3 is 9.80 Å². The van der Waals surface area contributed by atoms with Crippen LogP contribution in [0.3, 0.4) is 0 Å². The van der Waals surface area contributed by atoms with Crippen molar-refractivity contribution in [3.05, 3.63) is 73.5 Å². The second-order valence-corrected chi connectivity index (χ2v) is 9.83. The first-order valence-corrected chi connectivity index (χ1v) is 11.7. The fourth-order valence-corrected chi connectivity index (χ4v) is 5.82. The van der Waals surface area contributed by atoms with Gasteiger partial charge in [-0.15, -0.1) is 0 Å². The number of rotatable bonds is 4. The molecule has 5 rings (SSSR count). The number of halogens is 4. The maximum Gasteiger partial charge on any atom is 0.256 e. The van der Waals surface area contributed by atoms with Gasteiger partial charge in [0.25, 0.3) is 11.5 Å². The van der Waals surface area contributed by atoms with Crippen LogP contribution in [0, 0.1) is 17.7 Å². The van der Waals surface area contributed by atoms with Crippen LogP contribution in [-0.2, 0) is 7.05 Å². The summed E-state index contributed by atoms with van der Waals surface area (Å²) in [4.78, 5) is 37.6. The quantitative estimate of drug-likeness (QED) is 0.515. The lowest BCUT2D eigenvalue weighted by Crippen LogP contribution is -2.38. The lowest BCUT2D eigenvalue weighted by atomic mass is 10.2. The van der Waals surface area contributed by atoms with Gasteiger partial charge in [-0.1, -0.05) is 34.8 Å². The average molecular weight is 523 g/mol. The normalized spacial score (nSPS) is 20.9. The molecule has 7 nitrogen and oxygen atoms in total. The van der Waals surface area contributed by atoms with E-state index in [0.29, 0.717) is 24.1 Å². The van der Waals surface area contributed by atoms with Crippen molar-refractivity contribution in [1.82, 2.24) is 19.4 Å². The molecule has 11 heteroatoms. The van der Waals surface area contributed by atoms with Crippen LogP contribution in [0.2, 0.25) is 15.1 Å². The highest BCUT2D eigenvalue weighted by Gasteiger charge is 2.59. The highest BCUT2D eigenvalue weighted by molar-refractivity contribution is 6.42. The minimum absolute atomic E-state index is 0.0934. The molecule has 1 amide bonds. The third-order valence-corrected chi connectivity index (χ3v) is 7.39. The zero-order valence-electron chi connectivity index (χ0n) is 18.2. The minimum atomic E-state index is -0.547. The van der Waals surface area contributed by atoms with Gasteiger partial charge in [0.2, 0.25) is 5.95 Å². The van der Waals surface area contributed by atoms with Crippen molar-refractivity contribution >= 4 is 46.7 Å². The van der Waals surface area contributed by atoms with Gasteiger partial charge in [0.15, 0.2) is 5.82 Å². The monoisotopic (exact) mass is 521 g/mol. The molecule has 3 heterocycles. The summed E-state index contributed by atoms with van der Waals surface area (Å²) in [6.07, 6.45) is 2.55. The number of pyridine rings is 1. The molecule has 1 saturated carbocycles. The zero-order chi connectivity index (χ0) is 24.3. The van der Waals surface area contributed by atoms with Crippen LogP contribution in [0.25, 0.3) is 11.3 Å². The number of aromatic nitrogens is 3. The van der Waals surface area contributed by atoms with Crippen LogP contribution in [0.1, 0.15) is 10.4 Å². The number of hydrogen-bond donors (Lipinski definition) is 0. The number of carbonyl (C=O) groups is 1. The van der Waals surface area contributed by atoms with Gasteiger partial charge in [-0.25, -0.2) is 9.37 Å². The molecule has 1 aliphatic carbocycles. The SMILES string of the molecule is CN(c1nc(-c2ccncc2F)cc(=O)n1C)C1[C@H]2CN(C(=O)c3c(Cl)cc(Cl)cc3Cl)C[C@@H]12. The Hall–Kier alpha value is -2.68. The number of piperidine rings is 1. The van der Waals surface area contributed by atoms with E-state index in [1.54, 1.807) is 11.9 Å². The Morgan fingerprint density at radius 1 is 1.15 bits per heavy atom. The number of anilines is 1. The summed E-state index contributed by atoms with van der Waals surface area (Å²) in [6.45, 7) is 1.06. The Balaban J connectivity index is 1.36. The van der Waals surface area contributed by atoms with Gasteiger partial charge in [0.05, 0.1) is 27.5 Å². The van der Waals surface area contributed by atoms with E-state index in [2.05, 4.69) is 9.97 Å². The van der Waals surface area contributed by atoms with Crippen LogP contribution < -0.4 is 10.5 Å². The van der Waals surface area contributed by atoms with E-state index < -0.39 is 5.82 Å². The van der Waals surface area contributed by atoms with E-state index in [4.69, 9.17) is 34.8 Å². The predicted octanol–water partition coefficient (Wildman–Crippen LogP) is 4.15. The maximum absolute atomic E-state index is 14.2. The topological polar surface area (TPSA) is 71.3 Å². The van der Waals surface area contributed by atoms with Gasteiger partial charge in [0, 0.05) is 67.9 Å². The van der Waals surface area contributed by atoms with Crippen LogP contribution in [0.4, 0.5) is 10.3 Å². The molecule has 176 valence electrons. The largest absolute Gasteiger partial charge is 0.342 e. The Morgan fingerprint density at radius 2 is 1.79 bits per heavy atom. The third-order valence-electron chi connectivity index (χ3n) is 6.58. The van der Waals surface area contributed by atoms with Crippen LogP contribution in [-0.4, -0.2) is 51.5 Å². The number of fused-ring (bicyclic) bond motifs is 1. The van der Waals surface area contributed by atoms with E-state index in [1.807, 2.05) is 11.9 Å². The van der Waals surface area contributed by atoms with Crippen molar-refractivity contribution < 1.29 is 9.18 Å². The summed E-state index contributed by atoms with van der Waals surface area (Å²) >= 11 is 18.4. The van der Waals surface area contributed by atoms with Crippen molar-refractivity contribution in [2.75, 3.05) is 25.0 Å². The maximum atomic E-state index is 14.2. The number of carbonyl (C=O) groups excluding carboxylic acids is 1. The van der Waals surface area contributed by atoms with Gasteiger partial charge in [0.1, 0.15) is 0 Å². The fraction of sp³-hybridized carbons (Fsp3) is 0.304. The van der Waals surface area contributed by atoms with Crippen LogP contribution in [0.5, 0.6) is 0 Å². The van der Waals surface area contributed by atoms with E-state index in [-0.39, 0.29) is 56.2 Å². The zero-order valence-corrected chi connectivity index (χ0v) is 20.4. The van der Waals surface area contributed by atoms with Crippen LogP contribution in [0.15, 0.2) is 41.5 Å². The van der Waals surface area contributed by atoms with Crippen LogP contribution >= 0.6 is 34.8 Å². The molecule has 0 N–H and O–H groups in total. The molecule has 3 aromatic rings. The molecule has 2 fully saturated rings. The summed E-state index contributed by atoms with van der Waals surface area (Å²) in [5.41, 5.74) is 0.416. The van der Waals surface area contributed by atoms with E-state index >= 15 is 0 Å². The fourth-order valence-electron chi connectivity index (χ4n) is 4.84. The van der Waals surface area contributed by atoms with Gasteiger partial charge in [-0.05, 0) is 18.2 Å². The molecule has 1 unspecified atom stereocenters. The van der Waals surface area contributed by atoms with Crippen molar-refractivity contribution in [3.63, 3.8) is 0 Å². The molecular weight excluding hydrogens is 504 g/mol. The molecule has 2 aliphatic rings. The molecule has 1 saturated heterocycles. The highest BCUT2D eigenvalue weighted by Crippen LogP contribution is 2.50. The second-order valence-electron chi connectivity index (χ2n) is 8.58. The lowest BCUT2D eigenvalue weighted by Gasteiger charge is -2.27. The Morgan fingerprint density at radius 3 is 2.41 bits per heavy atom. The van der Waals surface area contributed by atoms with Crippen molar-refractivity contribution in [1.29, 1.82) is 0 Å². The molecular formula is C23H19Cl3FN5O2. The Kier molecular flexibility index (Phi) is 5.78.